The summed E-state index contributed by atoms with van der Waals surface area (Å²) in [5, 5.41) is 12.3. The average Bonchev–Trinajstić information content (AvgIpc) is 2.91. The Kier molecular flexibility index (Phi) is 2.42. The Hall–Kier alpha value is -2.23. The second kappa shape index (κ2) is 3.88. The summed E-state index contributed by atoms with van der Waals surface area (Å²) in [5.41, 5.74) is -0.0219. The summed E-state index contributed by atoms with van der Waals surface area (Å²) < 4.78 is 45.3. The number of rotatable bonds is 1. The van der Waals surface area contributed by atoms with Gasteiger partial charge in [-0.25, -0.2) is 4.52 Å². The smallest absolute Gasteiger partial charge is 0.435 e. The molecule has 0 saturated heterocycles. The highest BCUT2D eigenvalue weighted by molar-refractivity contribution is 5.68. The second-order valence-electron chi connectivity index (χ2n) is 4.21. The molecule has 4 nitrogen and oxygen atoms in total. The molecule has 0 amide bonds. The van der Waals surface area contributed by atoms with Gasteiger partial charge in [0.05, 0.1) is 24.6 Å². The van der Waals surface area contributed by atoms with Crippen molar-refractivity contribution in [1.29, 1.82) is 5.26 Å². The first kappa shape index (κ1) is 11.8. The Labute approximate surface area is 106 Å². The van der Waals surface area contributed by atoms with E-state index < -0.39 is 11.9 Å². The van der Waals surface area contributed by atoms with Crippen molar-refractivity contribution in [3.05, 3.63) is 29.1 Å². The number of aromatic nitrogens is 2. The van der Waals surface area contributed by atoms with Gasteiger partial charge in [-0.1, -0.05) is 0 Å². The first-order valence-electron chi connectivity index (χ1n) is 5.62. The highest BCUT2D eigenvalue weighted by Gasteiger charge is 2.38. The fraction of sp³-hybridized carbons (Fsp3) is 0.333. The summed E-state index contributed by atoms with van der Waals surface area (Å²) in [5.74, 6) is 0.570. The Morgan fingerprint density at radius 1 is 1.47 bits per heavy atom. The Bertz CT molecular complexity index is 697. The summed E-state index contributed by atoms with van der Waals surface area (Å²) in [4.78, 5) is 0. The van der Waals surface area contributed by atoms with Gasteiger partial charge in [0.2, 0.25) is 0 Å². The molecule has 2 aromatic rings. The number of hydrogen-bond donors (Lipinski definition) is 0. The van der Waals surface area contributed by atoms with E-state index in [0.29, 0.717) is 29.9 Å². The highest BCUT2D eigenvalue weighted by Crippen LogP contribution is 2.37. The molecule has 0 bridgehead atoms. The van der Waals surface area contributed by atoms with Crippen LogP contribution in [0.3, 0.4) is 0 Å². The van der Waals surface area contributed by atoms with Crippen LogP contribution < -0.4 is 4.74 Å². The van der Waals surface area contributed by atoms with Gasteiger partial charge < -0.3 is 4.74 Å². The van der Waals surface area contributed by atoms with E-state index in [1.165, 1.54) is 10.7 Å². The van der Waals surface area contributed by atoms with Crippen molar-refractivity contribution >= 4 is 5.52 Å². The van der Waals surface area contributed by atoms with Gasteiger partial charge in [-0.2, -0.15) is 23.5 Å². The Balaban J connectivity index is 2.36. The molecule has 7 heteroatoms. The molecule has 98 valence electrons. The fourth-order valence-electron chi connectivity index (χ4n) is 2.37. The zero-order valence-electron chi connectivity index (χ0n) is 9.66. The molecule has 0 spiro atoms. The molecule has 0 radical (unpaired) electrons. The second-order valence-corrected chi connectivity index (χ2v) is 4.21. The van der Waals surface area contributed by atoms with Gasteiger partial charge in [-0.3, -0.25) is 0 Å². The summed E-state index contributed by atoms with van der Waals surface area (Å²) in [6.07, 6.45) is -2.93. The number of halogens is 3. The largest absolute Gasteiger partial charge is 0.493 e. The number of nitrogens with zero attached hydrogens (tertiary/aromatic N) is 3. The van der Waals surface area contributed by atoms with Crippen LogP contribution in [0.25, 0.3) is 5.52 Å². The molecule has 3 heterocycles. The van der Waals surface area contributed by atoms with E-state index in [-0.39, 0.29) is 12.0 Å². The van der Waals surface area contributed by atoms with Crippen molar-refractivity contribution < 1.29 is 17.9 Å². The van der Waals surface area contributed by atoms with Crippen molar-refractivity contribution in [1.82, 2.24) is 9.61 Å². The minimum absolute atomic E-state index is 0.0719. The van der Waals surface area contributed by atoms with Gasteiger partial charge in [0.1, 0.15) is 5.75 Å². The number of pyridine rings is 1. The fourth-order valence-corrected chi connectivity index (χ4v) is 2.37. The maximum Gasteiger partial charge on any atom is 0.435 e. The molecule has 0 atom stereocenters. The lowest BCUT2D eigenvalue weighted by Gasteiger charge is -2.04. The molecular formula is C12H8F3N3O. The molecular weight excluding hydrogens is 259 g/mol. The van der Waals surface area contributed by atoms with Gasteiger partial charge >= 0.3 is 6.18 Å². The number of hydrogen-bond acceptors (Lipinski definition) is 3. The Morgan fingerprint density at radius 3 is 2.95 bits per heavy atom. The van der Waals surface area contributed by atoms with E-state index in [0.717, 1.165) is 0 Å². The maximum atomic E-state index is 12.9. The monoisotopic (exact) mass is 267 g/mol. The van der Waals surface area contributed by atoms with Crippen LogP contribution in [-0.4, -0.2) is 16.2 Å². The van der Waals surface area contributed by atoms with Crippen molar-refractivity contribution in [2.45, 2.75) is 19.0 Å². The normalized spacial score (nSPS) is 14.2. The molecule has 0 N–H and O–H groups in total. The number of nitriles is 1. The third-order valence-corrected chi connectivity index (χ3v) is 3.09. The lowest BCUT2D eigenvalue weighted by molar-refractivity contribution is -0.141. The molecule has 0 fully saturated rings. The van der Waals surface area contributed by atoms with Gasteiger partial charge in [0.15, 0.2) is 5.69 Å². The summed E-state index contributed by atoms with van der Waals surface area (Å²) in [6, 6.07) is 3.37. The van der Waals surface area contributed by atoms with Gasteiger partial charge in [0.25, 0.3) is 0 Å². The van der Waals surface area contributed by atoms with Crippen molar-refractivity contribution in [2.24, 2.45) is 0 Å². The molecule has 19 heavy (non-hydrogen) atoms. The topological polar surface area (TPSA) is 50.3 Å². The van der Waals surface area contributed by atoms with Gasteiger partial charge in [-0.05, 0) is 6.07 Å². The lowest BCUT2D eigenvalue weighted by Crippen LogP contribution is -2.09. The SMILES string of the molecule is N#CCc1c(C(F)(F)F)nn2ccc3c(c12)CCO3. The molecule has 0 aliphatic carbocycles. The zero-order valence-corrected chi connectivity index (χ0v) is 9.66. The van der Waals surface area contributed by atoms with Crippen LogP contribution in [0, 0.1) is 11.3 Å². The molecule has 1 aliphatic rings. The lowest BCUT2D eigenvalue weighted by atomic mass is 10.1. The molecule has 0 aromatic carbocycles. The van der Waals surface area contributed by atoms with E-state index in [1.54, 1.807) is 12.1 Å². The maximum absolute atomic E-state index is 12.9. The van der Waals surface area contributed by atoms with E-state index >= 15 is 0 Å². The average molecular weight is 267 g/mol. The van der Waals surface area contributed by atoms with Crippen LogP contribution in [0.5, 0.6) is 5.75 Å². The van der Waals surface area contributed by atoms with Crippen molar-refractivity contribution in [3.8, 4) is 11.8 Å². The van der Waals surface area contributed by atoms with Crippen LogP contribution in [-0.2, 0) is 19.0 Å². The van der Waals surface area contributed by atoms with E-state index in [1.807, 2.05) is 0 Å². The molecule has 3 rings (SSSR count). The molecule has 0 unspecified atom stereocenters. The third kappa shape index (κ3) is 1.71. The van der Waals surface area contributed by atoms with E-state index in [4.69, 9.17) is 10.00 Å². The van der Waals surface area contributed by atoms with Crippen molar-refractivity contribution in [2.75, 3.05) is 6.61 Å². The van der Waals surface area contributed by atoms with Crippen LogP contribution >= 0.6 is 0 Å². The molecule has 2 aromatic heterocycles. The number of fused-ring (bicyclic) bond motifs is 3. The first-order valence-corrected chi connectivity index (χ1v) is 5.62. The van der Waals surface area contributed by atoms with Crippen LogP contribution in [0.15, 0.2) is 12.3 Å². The number of ether oxygens (including phenoxy) is 1. The third-order valence-electron chi connectivity index (χ3n) is 3.09. The summed E-state index contributed by atoms with van der Waals surface area (Å²) in [7, 11) is 0. The predicted molar refractivity (Wildman–Crippen MR) is 58.7 cm³/mol. The zero-order chi connectivity index (χ0) is 13.6. The standard InChI is InChI=1S/C12H8F3N3O/c13-12(14,15)11-8(1-4-16)10-7-3-6-19-9(7)2-5-18(10)17-11/h2,5H,1,3,6H2. The number of alkyl halides is 3. The summed E-state index contributed by atoms with van der Waals surface area (Å²) >= 11 is 0. The molecule has 1 aliphatic heterocycles. The molecule has 0 saturated carbocycles. The summed E-state index contributed by atoms with van der Waals surface area (Å²) in [6.45, 7) is 0.438. The van der Waals surface area contributed by atoms with Crippen LogP contribution in [0.4, 0.5) is 13.2 Å². The van der Waals surface area contributed by atoms with Crippen LogP contribution in [0.1, 0.15) is 16.8 Å². The predicted octanol–water partition coefficient (Wildman–Crippen LogP) is 2.35. The highest BCUT2D eigenvalue weighted by atomic mass is 19.4. The van der Waals surface area contributed by atoms with Gasteiger partial charge in [-0.15, -0.1) is 0 Å². The Morgan fingerprint density at radius 2 is 2.26 bits per heavy atom. The van der Waals surface area contributed by atoms with Gasteiger partial charge in [0, 0.05) is 23.7 Å². The van der Waals surface area contributed by atoms with E-state index in [9.17, 15) is 13.2 Å². The minimum atomic E-state index is -4.56. The van der Waals surface area contributed by atoms with E-state index in [2.05, 4.69) is 5.10 Å². The minimum Gasteiger partial charge on any atom is -0.493 e. The van der Waals surface area contributed by atoms with Crippen LogP contribution in [0.2, 0.25) is 0 Å². The quantitative estimate of drug-likeness (QED) is 0.797. The first-order chi connectivity index (χ1) is 9.02. The van der Waals surface area contributed by atoms with Crippen molar-refractivity contribution in [3.63, 3.8) is 0 Å².